The third-order valence-corrected chi connectivity index (χ3v) is 5.51. The number of nitrogens with two attached hydrogens (primary N) is 1. The number of hydrogen-bond donors (Lipinski definition) is 1. The molecule has 32 heavy (non-hydrogen) atoms. The summed E-state index contributed by atoms with van der Waals surface area (Å²) in [6.07, 6.45) is 1.76. The van der Waals surface area contributed by atoms with Crippen LogP contribution in [0.3, 0.4) is 0 Å². The smallest absolute Gasteiger partial charge is 0.275 e. The second-order valence-electron chi connectivity index (χ2n) is 6.98. The Hall–Kier alpha value is -4.27. The first kappa shape index (κ1) is 21.0. The number of oxazole rings is 1. The highest BCUT2D eigenvalue weighted by Gasteiger charge is 2.32. The minimum Gasteiger partial charge on any atom is -0.497 e. The summed E-state index contributed by atoms with van der Waals surface area (Å²) in [5.74, 6) is 0.724. The zero-order valence-electron chi connectivity index (χ0n) is 17.3. The van der Waals surface area contributed by atoms with E-state index < -0.39 is 5.92 Å². The van der Waals surface area contributed by atoms with E-state index in [1.54, 1.807) is 38.5 Å². The molecule has 2 N–H and O–H groups in total. The van der Waals surface area contributed by atoms with E-state index in [2.05, 4.69) is 12.1 Å². The fourth-order valence-electron chi connectivity index (χ4n) is 3.79. The molecule has 0 radical (unpaired) electrons. The van der Waals surface area contributed by atoms with Crippen molar-refractivity contribution in [3.63, 3.8) is 0 Å². The third kappa shape index (κ3) is 3.43. The molecule has 2 aromatic carbocycles. The number of nitrogens with zero attached hydrogens (tertiary/aromatic N) is 3. The summed E-state index contributed by atoms with van der Waals surface area (Å²) in [4.78, 5) is 0.0521. The predicted octanol–water partition coefficient (Wildman–Crippen LogP) is 2.78. The van der Waals surface area contributed by atoms with E-state index in [1.807, 2.05) is 30.3 Å². The van der Waals surface area contributed by atoms with Crippen molar-refractivity contribution in [2.75, 3.05) is 14.2 Å². The number of fused-ring (bicyclic) bond motifs is 1. The molecule has 1 aliphatic heterocycles. The summed E-state index contributed by atoms with van der Waals surface area (Å²) in [7, 11) is 3.14. The van der Waals surface area contributed by atoms with E-state index in [0.29, 0.717) is 33.4 Å². The van der Waals surface area contributed by atoms with Gasteiger partial charge in [-0.15, -0.1) is 0 Å². The van der Waals surface area contributed by atoms with Crippen LogP contribution in [0.15, 0.2) is 58.5 Å². The van der Waals surface area contributed by atoms with Gasteiger partial charge in [-0.05, 0) is 53.7 Å². The van der Waals surface area contributed by atoms with Gasteiger partial charge in [-0.2, -0.15) is 10.5 Å². The predicted molar refractivity (Wildman–Crippen MR) is 121 cm³/mol. The van der Waals surface area contributed by atoms with Gasteiger partial charge in [0, 0.05) is 0 Å². The summed E-state index contributed by atoms with van der Waals surface area (Å²) in [6.45, 7) is 0. The minimum atomic E-state index is -0.690. The Morgan fingerprint density at radius 1 is 1.03 bits per heavy atom. The van der Waals surface area contributed by atoms with E-state index in [-0.39, 0.29) is 16.2 Å². The van der Waals surface area contributed by atoms with E-state index in [4.69, 9.17) is 31.8 Å². The Balaban J connectivity index is 2.09. The molecule has 1 atom stereocenters. The lowest BCUT2D eigenvalue weighted by molar-refractivity contribution is 0.414. The minimum absolute atomic E-state index is 0.0521. The molecule has 0 saturated carbocycles. The average molecular weight is 443 g/mol. The Kier molecular flexibility index (Phi) is 5.55. The van der Waals surface area contributed by atoms with Crippen LogP contribution in [-0.4, -0.2) is 18.8 Å². The summed E-state index contributed by atoms with van der Waals surface area (Å²) >= 11 is 5.38. The van der Waals surface area contributed by atoms with Crippen molar-refractivity contribution in [1.82, 2.24) is 4.57 Å². The van der Waals surface area contributed by atoms with Crippen molar-refractivity contribution in [3.05, 3.63) is 80.8 Å². The van der Waals surface area contributed by atoms with Crippen LogP contribution in [0.1, 0.15) is 17.0 Å². The van der Waals surface area contributed by atoms with Crippen LogP contribution in [0, 0.1) is 27.5 Å². The van der Waals surface area contributed by atoms with Crippen LogP contribution in [0.2, 0.25) is 0 Å². The zero-order chi connectivity index (χ0) is 22.8. The lowest BCUT2D eigenvalue weighted by atomic mass is 9.83. The number of methoxy groups -OCH3 is 2. The monoisotopic (exact) mass is 442 g/mol. The van der Waals surface area contributed by atoms with Gasteiger partial charge >= 0.3 is 0 Å². The number of allylic oxidation sites excluding steroid dienone is 1. The van der Waals surface area contributed by atoms with Crippen molar-refractivity contribution >= 4 is 29.7 Å². The molecule has 1 unspecified atom stereocenters. The van der Waals surface area contributed by atoms with E-state index in [9.17, 15) is 10.5 Å². The van der Waals surface area contributed by atoms with Gasteiger partial charge in [-0.3, -0.25) is 4.57 Å². The molecular weight excluding hydrogens is 424 g/mol. The first-order chi connectivity index (χ1) is 15.5. The molecule has 4 rings (SSSR count). The largest absolute Gasteiger partial charge is 0.497 e. The number of benzene rings is 2. The van der Waals surface area contributed by atoms with Crippen molar-refractivity contribution in [3.8, 4) is 23.6 Å². The van der Waals surface area contributed by atoms with Gasteiger partial charge in [0.05, 0.1) is 43.4 Å². The standard InChI is InChI=1S/C24H18N4O3S/c1-29-16-7-3-5-14(9-16)10-20-22-18(12-25)21(15-6-4-8-17(11-15)30-2)19(13-26)23(27)28(22)24(32)31-20/h3-11,21H,27H2,1-2H3. The van der Waals surface area contributed by atoms with Gasteiger partial charge in [0.25, 0.3) is 4.84 Å². The number of hydrogen-bond acceptors (Lipinski definition) is 7. The molecule has 0 saturated heterocycles. The maximum absolute atomic E-state index is 10.2. The van der Waals surface area contributed by atoms with Gasteiger partial charge in [-0.1, -0.05) is 24.3 Å². The lowest BCUT2D eigenvalue weighted by Gasteiger charge is -2.22. The van der Waals surface area contributed by atoms with Gasteiger partial charge in [0.2, 0.25) is 0 Å². The molecule has 1 aliphatic rings. The first-order valence-electron chi connectivity index (χ1n) is 9.58. The Bertz CT molecular complexity index is 1520. The second-order valence-corrected chi connectivity index (χ2v) is 7.33. The van der Waals surface area contributed by atoms with Crippen LogP contribution in [0.25, 0.3) is 17.5 Å². The fourth-order valence-corrected chi connectivity index (χ4v) is 4.06. The van der Waals surface area contributed by atoms with Crippen molar-refractivity contribution in [1.29, 1.82) is 10.5 Å². The van der Waals surface area contributed by atoms with Crippen LogP contribution in [-0.2, 0) is 0 Å². The maximum atomic E-state index is 10.2. The lowest BCUT2D eigenvalue weighted by Crippen LogP contribution is -2.38. The molecule has 3 aromatic rings. The van der Waals surface area contributed by atoms with Gasteiger partial charge < -0.3 is 19.6 Å². The molecular formula is C24H18N4O3S. The van der Waals surface area contributed by atoms with Crippen LogP contribution in [0.5, 0.6) is 11.5 Å². The third-order valence-electron chi connectivity index (χ3n) is 5.25. The van der Waals surface area contributed by atoms with E-state index >= 15 is 0 Å². The second kappa shape index (κ2) is 8.46. The van der Waals surface area contributed by atoms with Crippen molar-refractivity contribution < 1.29 is 13.9 Å². The van der Waals surface area contributed by atoms with E-state index in [0.717, 1.165) is 5.56 Å². The Morgan fingerprint density at radius 3 is 2.34 bits per heavy atom. The van der Waals surface area contributed by atoms with Gasteiger partial charge in [0.1, 0.15) is 22.7 Å². The van der Waals surface area contributed by atoms with Gasteiger partial charge in [0.15, 0.2) is 5.42 Å². The highest BCUT2D eigenvalue weighted by Crippen LogP contribution is 2.36. The molecule has 0 amide bonds. The molecule has 7 nitrogen and oxygen atoms in total. The highest BCUT2D eigenvalue weighted by molar-refractivity contribution is 7.71. The molecule has 0 fully saturated rings. The van der Waals surface area contributed by atoms with Crippen molar-refractivity contribution in [2.24, 2.45) is 5.73 Å². The molecule has 8 heteroatoms. The molecule has 2 heterocycles. The zero-order valence-corrected chi connectivity index (χ0v) is 18.1. The highest BCUT2D eigenvalue weighted by atomic mass is 32.1. The number of nitriles is 2. The number of rotatable bonds is 4. The van der Waals surface area contributed by atoms with E-state index in [1.165, 1.54) is 4.57 Å². The first-order valence-corrected chi connectivity index (χ1v) is 9.99. The quantitative estimate of drug-likeness (QED) is 0.619. The molecule has 158 valence electrons. The SMILES string of the molecule is COc1cccc(C=c2oc(=S)n3c2=C(C#N)C(c2cccc(OC)c2)C(C#N)=C3N)c1. The maximum Gasteiger partial charge on any atom is 0.275 e. The molecule has 1 aromatic heterocycles. The molecule has 0 bridgehead atoms. The summed E-state index contributed by atoms with van der Waals surface area (Å²) in [6, 6.07) is 19.0. The summed E-state index contributed by atoms with van der Waals surface area (Å²) < 4.78 is 17.9. The average Bonchev–Trinajstić information content (AvgIpc) is 3.14. The Morgan fingerprint density at radius 2 is 1.69 bits per heavy atom. The summed E-state index contributed by atoms with van der Waals surface area (Å²) in [5.41, 5.74) is 8.75. The number of aromatic nitrogens is 1. The summed E-state index contributed by atoms with van der Waals surface area (Å²) in [5, 5.41) is 20.5. The normalized spacial score (nSPS) is 15.7. The fraction of sp³-hybridized carbons (Fsp3) is 0.125. The van der Waals surface area contributed by atoms with Crippen LogP contribution in [0.4, 0.5) is 0 Å². The Labute approximate surface area is 189 Å². The number of ether oxygens (including phenoxy) is 2. The van der Waals surface area contributed by atoms with Crippen LogP contribution < -0.4 is 26.0 Å². The molecule has 0 aliphatic carbocycles. The van der Waals surface area contributed by atoms with Gasteiger partial charge in [-0.25, -0.2) is 0 Å². The van der Waals surface area contributed by atoms with Crippen LogP contribution >= 0.6 is 12.2 Å². The molecule has 0 spiro atoms. The van der Waals surface area contributed by atoms with Crippen molar-refractivity contribution in [2.45, 2.75) is 5.92 Å². The topological polar surface area (TPSA) is 110 Å².